The number of rotatable bonds is 6. The molecule has 1 saturated carbocycles. The maximum atomic E-state index is 12.1. The number of carbonyl (C=O) groups is 1. The van der Waals surface area contributed by atoms with Crippen LogP contribution in [0.15, 0.2) is 42.5 Å². The number of nitro groups is 1. The first-order chi connectivity index (χ1) is 13.0. The zero-order valence-electron chi connectivity index (χ0n) is 15.4. The highest BCUT2D eigenvalue weighted by Crippen LogP contribution is 2.33. The van der Waals surface area contributed by atoms with Gasteiger partial charge in [0, 0.05) is 6.07 Å². The van der Waals surface area contributed by atoms with E-state index < -0.39 is 4.92 Å². The van der Waals surface area contributed by atoms with E-state index in [1.54, 1.807) is 19.1 Å². The Morgan fingerprint density at radius 3 is 2.52 bits per heavy atom. The van der Waals surface area contributed by atoms with Gasteiger partial charge in [-0.15, -0.1) is 0 Å². The number of amides is 1. The lowest BCUT2D eigenvalue weighted by molar-refractivity contribution is -0.385. The molecular weight excluding hydrogens is 344 g/mol. The van der Waals surface area contributed by atoms with Gasteiger partial charge < -0.3 is 10.1 Å². The smallest absolute Gasteiger partial charge is 0.274 e. The molecular formula is C21H24N2O4. The minimum atomic E-state index is -0.463. The van der Waals surface area contributed by atoms with Crippen molar-refractivity contribution in [2.24, 2.45) is 0 Å². The summed E-state index contributed by atoms with van der Waals surface area (Å²) in [5.41, 5.74) is 2.16. The van der Waals surface area contributed by atoms with Crippen LogP contribution in [0.5, 0.6) is 5.75 Å². The van der Waals surface area contributed by atoms with E-state index >= 15 is 0 Å². The first-order valence-corrected chi connectivity index (χ1v) is 9.31. The summed E-state index contributed by atoms with van der Waals surface area (Å²) in [6, 6.07) is 12.5. The Balaban J connectivity index is 1.55. The molecule has 0 heterocycles. The maximum Gasteiger partial charge on any atom is 0.274 e. The average Bonchev–Trinajstić information content (AvgIpc) is 2.69. The van der Waals surface area contributed by atoms with Crippen molar-refractivity contribution in [1.29, 1.82) is 0 Å². The highest BCUT2D eigenvalue weighted by Gasteiger charge is 2.16. The SMILES string of the molecule is Cc1c(NC(=O)COc2ccc(C3CCCCC3)cc2)cccc1[N+](=O)[O-]. The van der Waals surface area contributed by atoms with E-state index in [9.17, 15) is 14.9 Å². The van der Waals surface area contributed by atoms with E-state index in [1.165, 1.54) is 43.7 Å². The molecule has 0 saturated heterocycles. The fourth-order valence-corrected chi connectivity index (χ4v) is 3.56. The monoisotopic (exact) mass is 368 g/mol. The fraction of sp³-hybridized carbons (Fsp3) is 0.381. The third kappa shape index (κ3) is 4.84. The first kappa shape index (κ1) is 18.9. The van der Waals surface area contributed by atoms with Crippen LogP contribution in [0.3, 0.4) is 0 Å². The molecule has 142 valence electrons. The standard InChI is InChI=1S/C21H24N2O4/c1-15-19(8-5-9-20(15)23(25)26)22-21(24)14-27-18-12-10-17(11-13-18)16-6-3-2-4-7-16/h5,8-13,16H,2-4,6-7,14H2,1H3,(H,22,24). The van der Waals surface area contributed by atoms with Crippen LogP contribution in [0.4, 0.5) is 11.4 Å². The second-order valence-electron chi connectivity index (χ2n) is 6.95. The molecule has 2 aromatic carbocycles. The predicted octanol–water partition coefficient (Wildman–Crippen LogP) is 4.97. The van der Waals surface area contributed by atoms with Gasteiger partial charge in [0.05, 0.1) is 16.2 Å². The number of nitrogens with zero attached hydrogens (tertiary/aromatic N) is 1. The molecule has 1 amide bonds. The molecule has 2 aromatic rings. The van der Waals surface area contributed by atoms with Crippen LogP contribution in [0.1, 0.15) is 49.1 Å². The highest BCUT2D eigenvalue weighted by atomic mass is 16.6. The minimum Gasteiger partial charge on any atom is -0.484 e. The van der Waals surface area contributed by atoms with Crippen molar-refractivity contribution in [2.75, 3.05) is 11.9 Å². The van der Waals surface area contributed by atoms with Gasteiger partial charge in [-0.1, -0.05) is 37.5 Å². The van der Waals surface area contributed by atoms with E-state index in [-0.39, 0.29) is 18.2 Å². The first-order valence-electron chi connectivity index (χ1n) is 9.31. The van der Waals surface area contributed by atoms with Crippen LogP contribution in [-0.4, -0.2) is 17.4 Å². The molecule has 6 heteroatoms. The van der Waals surface area contributed by atoms with Gasteiger partial charge in [-0.3, -0.25) is 14.9 Å². The number of carbonyl (C=O) groups excluding carboxylic acids is 1. The molecule has 0 radical (unpaired) electrons. The van der Waals surface area contributed by atoms with Gasteiger partial charge in [-0.2, -0.15) is 0 Å². The van der Waals surface area contributed by atoms with Gasteiger partial charge in [-0.25, -0.2) is 0 Å². The summed E-state index contributed by atoms with van der Waals surface area (Å²) in [6.07, 6.45) is 6.40. The van der Waals surface area contributed by atoms with Crippen LogP contribution >= 0.6 is 0 Å². The van der Waals surface area contributed by atoms with Crippen molar-refractivity contribution in [3.05, 3.63) is 63.7 Å². The van der Waals surface area contributed by atoms with Gasteiger partial charge in [0.1, 0.15) is 5.75 Å². The largest absolute Gasteiger partial charge is 0.484 e. The van der Waals surface area contributed by atoms with Gasteiger partial charge in [0.15, 0.2) is 6.61 Å². The molecule has 6 nitrogen and oxygen atoms in total. The molecule has 0 atom stereocenters. The minimum absolute atomic E-state index is 0.0213. The van der Waals surface area contributed by atoms with Crippen LogP contribution < -0.4 is 10.1 Å². The molecule has 1 aliphatic carbocycles. The molecule has 3 rings (SSSR count). The average molecular weight is 368 g/mol. The van der Waals surface area contributed by atoms with E-state index in [0.29, 0.717) is 22.9 Å². The molecule has 1 N–H and O–H groups in total. The van der Waals surface area contributed by atoms with Crippen molar-refractivity contribution in [3.63, 3.8) is 0 Å². The Bertz CT molecular complexity index is 811. The Labute approximate surface area is 158 Å². The highest BCUT2D eigenvalue weighted by molar-refractivity contribution is 5.93. The number of anilines is 1. The third-order valence-corrected chi connectivity index (χ3v) is 5.10. The summed E-state index contributed by atoms with van der Waals surface area (Å²) in [5, 5.41) is 13.7. The lowest BCUT2D eigenvalue weighted by Gasteiger charge is -2.22. The Morgan fingerprint density at radius 2 is 1.85 bits per heavy atom. The molecule has 0 aromatic heterocycles. The van der Waals surface area contributed by atoms with Crippen molar-refractivity contribution >= 4 is 17.3 Å². The molecule has 0 bridgehead atoms. The summed E-state index contributed by atoms with van der Waals surface area (Å²) in [5.74, 6) is 0.920. The van der Waals surface area contributed by atoms with Gasteiger partial charge >= 0.3 is 0 Å². The van der Waals surface area contributed by atoms with E-state index in [0.717, 1.165) is 0 Å². The Hall–Kier alpha value is -2.89. The molecule has 0 aliphatic heterocycles. The summed E-state index contributed by atoms with van der Waals surface area (Å²) in [7, 11) is 0. The van der Waals surface area contributed by atoms with Crippen LogP contribution in [0.2, 0.25) is 0 Å². The lowest BCUT2D eigenvalue weighted by atomic mass is 9.84. The Morgan fingerprint density at radius 1 is 1.15 bits per heavy atom. The van der Waals surface area contributed by atoms with E-state index in [2.05, 4.69) is 17.4 Å². The molecule has 1 aliphatic rings. The van der Waals surface area contributed by atoms with Crippen molar-refractivity contribution < 1.29 is 14.5 Å². The second-order valence-corrected chi connectivity index (χ2v) is 6.95. The van der Waals surface area contributed by atoms with Crippen LogP contribution in [0.25, 0.3) is 0 Å². The number of hydrogen-bond donors (Lipinski definition) is 1. The zero-order chi connectivity index (χ0) is 19.2. The van der Waals surface area contributed by atoms with Crippen LogP contribution in [0, 0.1) is 17.0 Å². The summed E-state index contributed by atoms with van der Waals surface area (Å²) < 4.78 is 5.55. The number of ether oxygens (including phenoxy) is 1. The van der Waals surface area contributed by atoms with Gasteiger partial charge in [0.2, 0.25) is 0 Å². The quantitative estimate of drug-likeness (QED) is 0.576. The number of nitro benzene ring substituents is 1. The number of benzene rings is 2. The number of nitrogens with one attached hydrogen (secondary N) is 1. The maximum absolute atomic E-state index is 12.1. The fourth-order valence-electron chi connectivity index (χ4n) is 3.56. The Kier molecular flexibility index (Phi) is 6.06. The van der Waals surface area contributed by atoms with Crippen LogP contribution in [-0.2, 0) is 4.79 Å². The lowest BCUT2D eigenvalue weighted by Crippen LogP contribution is -2.20. The summed E-state index contributed by atoms with van der Waals surface area (Å²) in [6.45, 7) is 1.46. The zero-order valence-corrected chi connectivity index (χ0v) is 15.4. The van der Waals surface area contributed by atoms with Gasteiger partial charge in [0.25, 0.3) is 11.6 Å². The van der Waals surface area contributed by atoms with E-state index in [1.807, 2.05) is 12.1 Å². The normalized spacial score (nSPS) is 14.6. The molecule has 0 unspecified atom stereocenters. The summed E-state index contributed by atoms with van der Waals surface area (Å²) >= 11 is 0. The van der Waals surface area contributed by atoms with E-state index in [4.69, 9.17) is 4.74 Å². The van der Waals surface area contributed by atoms with Crippen molar-refractivity contribution in [2.45, 2.75) is 44.9 Å². The third-order valence-electron chi connectivity index (χ3n) is 5.10. The molecule has 0 spiro atoms. The van der Waals surface area contributed by atoms with Crippen molar-refractivity contribution in [1.82, 2.24) is 0 Å². The summed E-state index contributed by atoms with van der Waals surface area (Å²) in [4.78, 5) is 22.6. The number of hydrogen-bond acceptors (Lipinski definition) is 4. The van der Waals surface area contributed by atoms with Gasteiger partial charge in [-0.05, 0) is 49.4 Å². The molecule has 1 fully saturated rings. The predicted molar refractivity (Wildman–Crippen MR) is 104 cm³/mol. The second kappa shape index (κ2) is 8.66. The molecule has 27 heavy (non-hydrogen) atoms. The van der Waals surface area contributed by atoms with Crippen molar-refractivity contribution in [3.8, 4) is 5.75 Å². The topological polar surface area (TPSA) is 81.5 Å².